The molecule has 0 saturated carbocycles. The first kappa shape index (κ1) is 17.5. The van der Waals surface area contributed by atoms with E-state index in [0.717, 1.165) is 17.1 Å². The quantitative estimate of drug-likeness (QED) is 0.933. The molecule has 21 heavy (non-hydrogen) atoms. The van der Waals surface area contributed by atoms with E-state index in [1.54, 1.807) is 12.3 Å². The van der Waals surface area contributed by atoms with Gasteiger partial charge in [0.2, 0.25) is 0 Å². The summed E-state index contributed by atoms with van der Waals surface area (Å²) in [6, 6.07) is 13.5. The van der Waals surface area contributed by atoms with Gasteiger partial charge in [-0.2, -0.15) is 5.26 Å². The molecule has 2 rings (SSSR count). The molecule has 1 aromatic heterocycles. The molecule has 1 heterocycles. The van der Waals surface area contributed by atoms with Crippen LogP contribution in [0.2, 0.25) is 5.02 Å². The van der Waals surface area contributed by atoms with E-state index in [-0.39, 0.29) is 24.4 Å². The van der Waals surface area contributed by atoms with E-state index in [4.69, 9.17) is 22.6 Å². The predicted octanol–water partition coefficient (Wildman–Crippen LogP) is 3.70. The molecule has 1 aromatic carbocycles. The van der Waals surface area contributed by atoms with Crippen molar-refractivity contribution in [2.45, 2.75) is 25.3 Å². The highest BCUT2D eigenvalue weighted by atomic mass is 35.5. The number of nitrogens with two attached hydrogens (primary N) is 1. The second-order valence-corrected chi connectivity index (χ2v) is 5.32. The fourth-order valence-corrected chi connectivity index (χ4v) is 2.25. The van der Waals surface area contributed by atoms with Crippen LogP contribution in [0.4, 0.5) is 0 Å². The van der Waals surface area contributed by atoms with Crippen molar-refractivity contribution >= 4 is 24.0 Å². The molecule has 0 spiro atoms. The fourth-order valence-electron chi connectivity index (χ4n) is 2.13. The van der Waals surface area contributed by atoms with E-state index in [0.29, 0.717) is 5.56 Å². The summed E-state index contributed by atoms with van der Waals surface area (Å²) in [7, 11) is 0. The molecule has 0 aliphatic carbocycles. The van der Waals surface area contributed by atoms with E-state index in [1.165, 1.54) is 5.56 Å². The summed E-state index contributed by atoms with van der Waals surface area (Å²) in [5, 5.41) is 9.53. The normalized spacial score (nSPS) is 12.9. The molecule has 5 heteroatoms. The number of benzene rings is 1. The maximum atomic E-state index is 8.81. The van der Waals surface area contributed by atoms with Crippen LogP contribution >= 0.6 is 24.0 Å². The number of nitriles is 1. The molecule has 0 fully saturated rings. The summed E-state index contributed by atoms with van der Waals surface area (Å²) in [4.78, 5) is 4.36. The molecule has 2 atom stereocenters. The lowest BCUT2D eigenvalue weighted by Gasteiger charge is -2.20. The topological polar surface area (TPSA) is 62.7 Å². The zero-order chi connectivity index (χ0) is 14.5. The Bertz CT molecular complexity index is 601. The highest BCUT2D eigenvalue weighted by Crippen LogP contribution is 2.23. The SMILES string of the molecule is CC(N)C(Cc1ccc(Cl)cc1)c1ccc(C#N)cn1.Cl. The Kier molecular flexibility index (Phi) is 6.64. The van der Waals surface area contributed by atoms with Crippen molar-refractivity contribution in [3.63, 3.8) is 0 Å². The fraction of sp³-hybridized carbons (Fsp3) is 0.250. The van der Waals surface area contributed by atoms with E-state index in [9.17, 15) is 0 Å². The van der Waals surface area contributed by atoms with Gasteiger partial charge < -0.3 is 5.73 Å². The maximum Gasteiger partial charge on any atom is 0.101 e. The molecule has 0 amide bonds. The van der Waals surface area contributed by atoms with Crippen molar-refractivity contribution in [2.75, 3.05) is 0 Å². The van der Waals surface area contributed by atoms with Crippen LogP contribution in [0.5, 0.6) is 0 Å². The number of nitrogens with zero attached hydrogens (tertiary/aromatic N) is 2. The minimum Gasteiger partial charge on any atom is -0.327 e. The molecule has 2 unspecified atom stereocenters. The summed E-state index contributed by atoms with van der Waals surface area (Å²) >= 11 is 5.89. The van der Waals surface area contributed by atoms with Gasteiger partial charge in [-0.1, -0.05) is 23.7 Å². The van der Waals surface area contributed by atoms with Gasteiger partial charge in [-0.25, -0.2) is 0 Å². The molecule has 0 aliphatic rings. The molecule has 0 radical (unpaired) electrons. The Morgan fingerprint density at radius 2 is 1.90 bits per heavy atom. The van der Waals surface area contributed by atoms with Gasteiger partial charge in [0, 0.05) is 28.9 Å². The second-order valence-electron chi connectivity index (χ2n) is 4.88. The lowest BCUT2D eigenvalue weighted by atomic mass is 9.90. The molecule has 0 bridgehead atoms. The smallest absolute Gasteiger partial charge is 0.101 e. The van der Waals surface area contributed by atoms with Gasteiger partial charge in [0.15, 0.2) is 0 Å². The maximum absolute atomic E-state index is 8.81. The zero-order valence-corrected chi connectivity index (χ0v) is 13.2. The molecule has 3 nitrogen and oxygen atoms in total. The van der Waals surface area contributed by atoms with Gasteiger partial charge >= 0.3 is 0 Å². The van der Waals surface area contributed by atoms with Gasteiger partial charge in [0.05, 0.1) is 5.56 Å². The lowest BCUT2D eigenvalue weighted by molar-refractivity contribution is 0.552. The van der Waals surface area contributed by atoms with Gasteiger partial charge in [0.25, 0.3) is 0 Å². The van der Waals surface area contributed by atoms with Crippen LogP contribution in [0.3, 0.4) is 0 Å². The number of rotatable bonds is 4. The lowest BCUT2D eigenvalue weighted by Crippen LogP contribution is -2.27. The molecule has 0 saturated heterocycles. The van der Waals surface area contributed by atoms with E-state index >= 15 is 0 Å². The number of hydrogen-bond donors (Lipinski definition) is 1. The first-order valence-corrected chi connectivity index (χ1v) is 6.84. The summed E-state index contributed by atoms with van der Waals surface area (Å²) in [6.45, 7) is 1.97. The van der Waals surface area contributed by atoms with Crippen molar-refractivity contribution in [2.24, 2.45) is 5.73 Å². The van der Waals surface area contributed by atoms with Crippen molar-refractivity contribution in [3.05, 3.63) is 64.4 Å². The minimum atomic E-state index is -0.0221. The van der Waals surface area contributed by atoms with Crippen LogP contribution < -0.4 is 5.73 Å². The van der Waals surface area contributed by atoms with Crippen LogP contribution in [0, 0.1) is 11.3 Å². The summed E-state index contributed by atoms with van der Waals surface area (Å²) < 4.78 is 0. The average molecular weight is 322 g/mol. The Morgan fingerprint density at radius 1 is 1.24 bits per heavy atom. The van der Waals surface area contributed by atoms with E-state index in [2.05, 4.69) is 11.1 Å². The third-order valence-corrected chi connectivity index (χ3v) is 3.55. The van der Waals surface area contributed by atoms with Crippen LogP contribution in [0.15, 0.2) is 42.6 Å². The van der Waals surface area contributed by atoms with Crippen molar-refractivity contribution in [1.29, 1.82) is 5.26 Å². The third kappa shape index (κ3) is 4.71. The molecule has 0 aliphatic heterocycles. The van der Waals surface area contributed by atoms with Crippen LogP contribution in [-0.4, -0.2) is 11.0 Å². The Hall–Kier alpha value is -1.60. The van der Waals surface area contributed by atoms with E-state index in [1.807, 2.05) is 37.3 Å². The number of halogens is 2. The van der Waals surface area contributed by atoms with Gasteiger partial charge in [-0.3, -0.25) is 4.98 Å². The van der Waals surface area contributed by atoms with Crippen LogP contribution in [-0.2, 0) is 6.42 Å². The highest BCUT2D eigenvalue weighted by molar-refractivity contribution is 6.30. The molecule has 110 valence electrons. The van der Waals surface area contributed by atoms with Crippen molar-refractivity contribution in [3.8, 4) is 6.07 Å². The molecule has 2 N–H and O–H groups in total. The van der Waals surface area contributed by atoms with E-state index < -0.39 is 0 Å². The summed E-state index contributed by atoms with van der Waals surface area (Å²) in [6.07, 6.45) is 2.39. The van der Waals surface area contributed by atoms with Crippen molar-refractivity contribution in [1.82, 2.24) is 4.98 Å². The Labute approximate surface area is 136 Å². The van der Waals surface area contributed by atoms with Crippen LogP contribution in [0.1, 0.15) is 29.7 Å². The molecular weight excluding hydrogens is 305 g/mol. The standard InChI is InChI=1S/C16H16ClN3.ClH/c1-11(19)15(8-12-2-5-14(17)6-3-12)16-7-4-13(9-18)10-20-16;/h2-7,10-11,15H,8,19H2,1H3;1H. The first-order valence-electron chi connectivity index (χ1n) is 6.46. The van der Waals surface area contributed by atoms with Gasteiger partial charge in [0.1, 0.15) is 6.07 Å². The minimum absolute atomic E-state index is 0. The van der Waals surface area contributed by atoms with Crippen LogP contribution in [0.25, 0.3) is 0 Å². The predicted molar refractivity (Wildman–Crippen MR) is 87.7 cm³/mol. The summed E-state index contributed by atoms with van der Waals surface area (Å²) in [5.41, 5.74) is 8.73. The highest BCUT2D eigenvalue weighted by Gasteiger charge is 2.18. The molecule has 2 aromatic rings. The molecular formula is C16H17Cl2N3. The second kappa shape index (κ2) is 7.99. The average Bonchev–Trinajstić information content (AvgIpc) is 2.46. The summed E-state index contributed by atoms with van der Waals surface area (Å²) in [5.74, 6) is 0.115. The third-order valence-electron chi connectivity index (χ3n) is 3.30. The number of hydrogen-bond acceptors (Lipinski definition) is 3. The zero-order valence-electron chi connectivity index (χ0n) is 11.7. The van der Waals surface area contributed by atoms with Gasteiger partial charge in [-0.15, -0.1) is 12.4 Å². The Morgan fingerprint density at radius 3 is 2.38 bits per heavy atom. The first-order chi connectivity index (χ1) is 9.60. The van der Waals surface area contributed by atoms with Crippen molar-refractivity contribution < 1.29 is 0 Å². The number of aromatic nitrogens is 1. The monoisotopic (exact) mass is 321 g/mol. The largest absolute Gasteiger partial charge is 0.327 e. The number of pyridine rings is 1. The Balaban J connectivity index is 0.00000220. The van der Waals surface area contributed by atoms with Gasteiger partial charge in [-0.05, 0) is 43.2 Å².